The van der Waals surface area contributed by atoms with Crippen molar-refractivity contribution < 1.29 is 9.53 Å². The summed E-state index contributed by atoms with van der Waals surface area (Å²) >= 11 is 3.56. The third-order valence-electron chi connectivity index (χ3n) is 3.69. The van der Waals surface area contributed by atoms with Gasteiger partial charge in [0.2, 0.25) is 0 Å². The van der Waals surface area contributed by atoms with Crippen LogP contribution in [0.15, 0.2) is 28.7 Å². The molecule has 0 aliphatic heterocycles. The maximum Gasteiger partial charge on any atom is 0.407 e. The lowest BCUT2D eigenvalue weighted by molar-refractivity contribution is 0.0505. The number of hydrogen-bond acceptors (Lipinski definition) is 3. The van der Waals surface area contributed by atoms with E-state index in [1.165, 1.54) is 5.56 Å². The Kier molecular flexibility index (Phi) is 5.87. The van der Waals surface area contributed by atoms with Crippen molar-refractivity contribution in [2.24, 2.45) is 0 Å². The number of benzene rings is 1. The van der Waals surface area contributed by atoms with Crippen LogP contribution in [0.25, 0.3) is 0 Å². The average molecular weight is 369 g/mol. The molecule has 0 heterocycles. The first-order valence-electron chi connectivity index (χ1n) is 7.80. The smallest absolute Gasteiger partial charge is 0.407 e. The lowest BCUT2D eigenvalue weighted by atomic mass is 10.2. The number of halogens is 1. The van der Waals surface area contributed by atoms with Crippen molar-refractivity contribution in [3.63, 3.8) is 0 Å². The quantitative estimate of drug-likeness (QED) is 0.844. The normalized spacial score (nSPS) is 21.6. The third-order valence-corrected chi connectivity index (χ3v) is 4.47. The molecule has 0 bridgehead atoms. The van der Waals surface area contributed by atoms with E-state index in [1.807, 2.05) is 32.9 Å². The fourth-order valence-corrected chi connectivity index (χ4v) is 3.09. The van der Waals surface area contributed by atoms with E-state index in [1.54, 1.807) is 0 Å². The number of carbonyl (C=O) groups is 1. The summed E-state index contributed by atoms with van der Waals surface area (Å²) in [6.45, 7) is 6.47. The number of amides is 1. The second kappa shape index (κ2) is 7.47. The molecule has 1 aromatic carbocycles. The number of nitrogens with one attached hydrogen (secondary N) is 2. The minimum absolute atomic E-state index is 0.201. The lowest BCUT2D eigenvalue weighted by Crippen LogP contribution is -2.38. The Morgan fingerprint density at radius 1 is 1.27 bits per heavy atom. The van der Waals surface area contributed by atoms with Gasteiger partial charge in [-0.05, 0) is 51.7 Å². The highest BCUT2D eigenvalue weighted by molar-refractivity contribution is 9.10. The van der Waals surface area contributed by atoms with Crippen LogP contribution in [0.4, 0.5) is 4.79 Å². The predicted octanol–water partition coefficient (Wildman–Crippen LogP) is 3.98. The number of rotatable bonds is 4. The summed E-state index contributed by atoms with van der Waals surface area (Å²) < 4.78 is 6.43. The van der Waals surface area contributed by atoms with E-state index in [0.717, 1.165) is 30.3 Å². The van der Waals surface area contributed by atoms with E-state index in [0.29, 0.717) is 6.04 Å². The highest BCUT2D eigenvalue weighted by Crippen LogP contribution is 2.21. The molecule has 0 radical (unpaired) electrons. The monoisotopic (exact) mass is 368 g/mol. The Balaban J connectivity index is 1.74. The summed E-state index contributed by atoms with van der Waals surface area (Å²) in [7, 11) is 0. The van der Waals surface area contributed by atoms with E-state index >= 15 is 0 Å². The summed E-state index contributed by atoms with van der Waals surface area (Å²) in [4.78, 5) is 11.8. The predicted molar refractivity (Wildman–Crippen MR) is 91.8 cm³/mol. The van der Waals surface area contributed by atoms with E-state index < -0.39 is 5.60 Å². The van der Waals surface area contributed by atoms with Crippen LogP contribution in [0.5, 0.6) is 0 Å². The lowest BCUT2D eigenvalue weighted by Gasteiger charge is -2.22. The molecule has 0 spiro atoms. The van der Waals surface area contributed by atoms with Gasteiger partial charge >= 0.3 is 6.09 Å². The first kappa shape index (κ1) is 17.3. The van der Waals surface area contributed by atoms with Crippen LogP contribution in [0.2, 0.25) is 0 Å². The molecule has 1 aliphatic rings. The van der Waals surface area contributed by atoms with Crippen molar-refractivity contribution in [1.29, 1.82) is 0 Å². The highest BCUT2D eigenvalue weighted by atomic mass is 79.9. The zero-order chi connectivity index (χ0) is 16.2. The van der Waals surface area contributed by atoms with Crippen molar-refractivity contribution in [2.45, 2.75) is 64.3 Å². The van der Waals surface area contributed by atoms with Crippen LogP contribution in [-0.4, -0.2) is 23.8 Å². The van der Waals surface area contributed by atoms with Gasteiger partial charge in [-0.1, -0.05) is 34.1 Å². The molecule has 1 amide bonds. The molecule has 1 aromatic rings. The zero-order valence-corrected chi connectivity index (χ0v) is 15.1. The van der Waals surface area contributed by atoms with Crippen molar-refractivity contribution in [1.82, 2.24) is 10.6 Å². The van der Waals surface area contributed by atoms with Gasteiger partial charge in [0, 0.05) is 23.1 Å². The SMILES string of the molecule is CC(C)(C)OC(=O)NC1CCC(NCc2ccccc2Br)C1. The molecular weight excluding hydrogens is 344 g/mol. The molecule has 22 heavy (non-hydrogen) atoms. The molecule has 1 saturated carbocycles. The van der Waals surface area contributed by atoms with Crippen molar-refractivity contribution in [3.05, 3.63) is 34.3 Å². The van der Waals surface area contributed by atoms with Crippen LogP contribution >= 0.6 is 15.9 Å². The van der Waals surface area contributed by atoms with Gasteiger partial charge in [0.25, 0.3) is 0 Å². The molecule has 122 valence electrons. The molecule has 0 saturated heterocycles. The van der Waals surface area contributed by atoms with Crippen LogP contribution in [-0.2, 0) is 11.3 Å². The van der Waals surface area contributed by atoms with E-state index in [9.17, 15) is 4.79 Å². The van der Waals surface area contributed by atoms with Gasteiger partial charge < -0.3 is 15.4 Å². The number of hydrogen-bond donors (Lipinski definition) is 2. The summed E-state index contributed by atoms with van der Waals surface area (Å²) in [6, 6.07) is 8.87. The molecule has 2 rings (SSSR count). The van der Waals surface area contributed by atoms with Crippen molar-refractivity contribution in [3.8, 4) is 0 Å². The zero-order valence-electron chi connectivity index (χ0n) is 13.5. The maximum absolute atomic E-state index is 11.8. The van der Waals surface area contributed by atoms with Gasteiger partial charge in [-0.25, -0.2) is 4.79 Å². The molecule has 4 nitrogen and oxygen atoms in total. The van der Waals surface area contributed by atoms with Crippen LogP contribution in [0.3, 0.4) is 0 Å². The molecule has 5 heteroatoms. The third kappa shape index (κ3) is 5.61. The standard InChI is InChI=1S/C17H25BrN2O2/c1-17(2,3)22-16(21)20-14-9-8-13(10-14)19-11-12-6-4-5-7-15(12)18/h4-7,13-14,19H,8-11H2,1-3H3,(H,20,21). The second-order valence-electron chi connectivity index (χ2n) is 6.83. The van der Waals surface area contributed by atoms with Crippen molar-refractivity contribution >= 4 is 22.0 Å². The van der Waals surface area contributed by atoms with E-state index in [-0.39, 0.29) is 12.1 Å². The molecule has 1 aliphatic carbocycles. The van der Waals surface area contributed by atoms with Gasteiger partial charge in [-0.3, -0.25) is 0 Å². The molecule has 2 N–H and O–H groups in total. The van der Waals surface area contributed by atoms with E-state index in [4.69, 9.17) is 4.74 Å². The second-order valence-corrected chi connectivity index (χ2v) is 7.68. The molecule has 2 atom stereocenters. The minimum atomic E-state index is -0.445. The first-order chi connectivity index (χ1) is 10.3. The number of ether oxygens (including phenoxy) is 1. The van der Waals surface area contributed by atoms with Gasteiger partial charge in [0.15, 0.2) is 0 Å². The summed E-state index contributed by atoms with van der Waals surface area (Å²) in [6.07, 6.45) is 2.70. The topological polar surface area (TPSA) is 50.4 Å². The fourth-order valence-electron chi connectivity index (χ4n) is 2.67. The maximum atomic E-state index is 11.8. The van der Waals surface area contributed by atoms with Crippen LogP contribution in [0, 0.1) is 0 Å². The molecule has 1 fully saturated rings. The van der Waals surface area contributed by atoms with Gasteiger partial charge in [-0.2, -0.15) is 0 Å². The van der Waals surface area contributed by atoms with Gasteiger partial charge in [0.05, 0.1) is 0 Å². The fraction of sp³-hybridized carbons (Fsp3) is 0.588. The largest absolute Gasteiger partial charge is 0.444 e. The Hall–Kier alpha value is -1.07. The Morgan fingerprint density at radius 2 is 1.95 bits per heavy atom. The van der Waals surface area contributed by atoms with Gasteiger partial charge in [0.1, 0.15) is 5.60 Å². The first-order valence-corrected chi connectivity index (χ1v) is 8.59. The number of carbonyl (C=O) groups excluding carboxylic acids is 1. The molecule has 2 unspecified atom stereocenters. The molecular formula is C17H25BrN2O2. The van der Waals surface area contributed by atoms with E-state index in [2.05, 4.69) is 38.7 Å². The molecule has 0 aromatic heterocycles. The Morgan fingerprint density at radius 3 is 2.64 bits per heavy atom. The van der Waals surface area contributed by atoms with Crippen LogP contribution in [0.1, 0.15) is 45.6 Å². The van der Waals surface area contributed by atoms with Gasteiger partial charge in [-0.15, -0.1) is 0 Å². The minimum Gasteiger partial charge on any atom is -0.444 e. The Labute approximate surface area is 141 Å². The summed E-state index contributed by atoms with van der Waals surface area (Å²) in [5.74, 6) is 0. The summed E-state index contributed by atoms with van der Waals surface area (Å²) in [5, 5.41) is 6.53. The number of alkyl carbamates (subject to hydrolysis) is 1. The van der Waals surface area contributed by atoms with Crippen LogP contribution < -0.4 is 10.6 Å². The highest BCUT2D eigenvalue weighted by Gasteiger charge is 2.27. The summed E-state index contributed by atoms with van der Waals surface area (Å²) in [5.41, 5.74) is 0.811. The average Bonchev–Trinajstić information content (AvgIpc) is 2.83. The van der Waals surface area contributed by atoms with Crippen molar-refractivity contribution in [2.75, 3.05) is 0 Å². The Bertz CT molecular complexity index is 514.